The number of hydrogen-bond donors (Lipinski definition) is 1. The fourth-order valence-electron chi connectivity index (χ4n) is 1.68. The summed E-state index contributed by atoms with van der Waals surface area (Å²) in [4.78, 5) is 8.20. The third-order valence-electron chi connectivity index (χ3n) is 2.64. The first-order chi connectivity index (χ1) is 9.83. The number of rotatable bonds is 4. The van der Waals surface area contributed by atoms with E-state index >= 15 is 0 Å². The third kappa shape index (κ3) is 2.72. The number of tetrazole rings is 1. The Morgan fingerprint density at radius 3 is 2.95 bits per heavy atom. The highest BCUT2D eigenvalue weighted by Crippen LogP contribution is 2.24. The molecule has 0 radical (unpaired) electrons. The molecule has 2 aromatic heterocycles. The summed E-state index contributed by atoms with van der Waals surface area (Å²) in [5.41, 5.74) is 2.43. The van der Waals surface area contributed by atoms with E-state index in [-0.39, 0.29) is 0 Å². The zero-order valence-electron chi connectivity index (χ0n) is 10.3. The highest BCUT2D eigenvalue weighted by molar-refractivity contribution is 6.33. The first kappa shape index (κ1) is 12.5. The molecule has 2 heterocycles. The van der Waals surface area contributed by atoms with Crippen LogP contribution in [0.2, 0.25) is 5.02 Å². The molecule has 0 saturated carbocycles. The molecule has 0 spiro atoms. The largest absolute Gasteiger partial charge is 0.378 e. The molecule has 1 N–H and O–H groups in total. The molecule has 3 rings (SSSR count). The molecule has 0 aliphatic heterocycles. The van der Waals surface area contributed by atoms with Crippen molar-refractivity contribution in [3.8, 4) is 5.69 Å². The summed E-state index contributed by atoms with van der Waals surface area (Å²) in [6, 6.07) is 5.50. The summed E-state index contributed by atoms with van der Waals surface area (Å²) >= 11 is 6.16. The summed E-state index contributed by atoms with van der Waals surface area (Å²) in [6.45, 7) is 0.534. The van der Waals surface area contributed by atoms with E-state index in [0.29, 0.717) is 11.6 Å². The predicted molar refractivity (Wildman–Crippen MR) is 73.5 cm³/mol. The lowest BCUT2D eigenvalue weighted by atomic mass is 10.2. The normalized spacial score (nSPS) is 10.4. The molecule has 0 aliphatic rings. The molecule has 0 fully saturated rings. The molecule has 0 amide bonds. The number of nitrogens with zero attached hydrogens (tertiary/aromatic N) is 6. The monoisotopic (exact) mass is 287 g/mol. The van der Waals surface area contributed by atoms with E-state index in [9.17, 15) is 0 Å². The van der Waals surface area contributed by atoms with Gasteiger partial charge in [-0.3, -0.25) is 9.97 Å². The maximum absolute atomic E-state index is 6.16. The summed E-state index contributed by atoms with van der Waals surface area (Å²) in [5, 5.41) is 14.9. The van der Waals surface area contributed by atoms with Gasteiger partial charge in [0.1, 0.15) is 6.33 Å². The first-order valence-corrected chi connectivity index (χ1v) is 6.22. The summed E-state index contributed by atoms with van der Waals surface area (Å²) in [7, 11) is 0. The minimum Gasteiger partial charge on any atom is -0.378 e. The fraction of sp³-hybridized carbons (Fsp3) is 0.0833. The van der Waals surface area contributed by atoms with Gasteiger partial charge >= 0.3 is 0 Å². The lowest BCUT2D eigenvalue weighted by Gasteiger charge is -2.09. The van der Waals surface area contributed by atoms with Gasteiger partial charge in [-0.25, -0.2) is 4.68 Å². The van der Waals surface area contributed by atoms with Crippen molar-refractivity contribution in [2.24, 2.45) is 0 Å². The van der Waals surface area contributed by atoms with E-state index in [1.807, 2.05) is 12.1 Å². The smallest absolute Gasteiger partial charge is 0.143 e. The molecule has 3 aromatic rings. The van der Waals surface area contributed by atoms with Crippen molar-refractivity contribution < 1.29 is 0 Å². The van der Waals surface area contributed by atoms with E-state index in [0.717, 1.165) is 17.1 Å². The number of hydrogen-bond acceptors (Lipinski definition) is 6. The topological polar surface area (TPSA) is 81.4 Å². The van der Waals surface area contributed by atoms with Crippen molar-refractivity contribution >= 4 is 17.3 Å². The van der Waals surface area contributed by atoms with Crippen molar-refractivity contribution in [1.29, 1.82) is 0 Å². The second-order valence-electron chi connectivity index (χ2n) is 3.97. The maximum atomic E-state index is 6.16. The van der Waals surface area contributed by atoms with Crippen LogP contribution in [0.1, 0.15) is 5.69 Å². The maximum Gasteiger partial charge on any atom is 0.143 e. The first-order valence-electron chi connectivity index (χ1n) is 5.84. The summed E-state index contributed by atoms with van der Waals surface area (Å²) in [5.74, 6) is 0. The Morgan fingerprint density at radius 1 is 1.25 bits per heavy atom. The fourth-order valence-corrected chi connectivity index (χ4v) is 1.86. The second kappa shape index (κ2) is 5.62. The lowest BCUT2D eigenvalue weighted by molar-refractivity contribution is 0.789. The molecule has 0 unspecified atom stereocenters. The minimum absolute atomic E-state index is 0.534. The molecule has 0 saturated heterocycles. The van der Waals surface area contributed by atoms with Crippen LogP contribution in [0, 0.1) is 0 Å². The molecule has 100 valence electrons. The molecule has 0 bridgehead atoms. The second-order valence-corrected chi connectivity index (χ2v) is 4.38. The zero-order valence-corrected chi connectivity index (χ0v) is 11.1. The van der Waals surface area contributed by atoms with Crippen LogP contribution in [-0.2, 0) is 6.54 Å². The van der Waals surface area contributed by atoms with Crippen LogP contribution < -0.4 is 5.32 Å². The van der Waals surface area contributed by atoms with Crippen LogP contribution >= 0.6 is 11.6 Å². The van der Waals surface area contributed by atoms with Crippen molar-refractivity contribution in [2.45, 2.75) is 6.54 Å². The van der Waals surface area contributed by atoms with Crippen LogP contribution in [0.5, 0.6) is 0 Å². The molecule has 8 heteroatoms. The molecule has 20 heavy (non-hydrogen) atoms. The zero-order chi connectivity index (χ0) is 13.8. The highest BCUT2D eigenvalue weighted by Gasteiger charge is 2.05. The van der Waals surface area contributed by atoms with Gasteiger partial charge in [0, 0.05) is 12.4 Å². The lowest BCUT2D eigenvalue weighted by Crippen LogP contribution is -2.03. The van der Waals surface area contributed by atoms with Gasteiger partial charge in [-0.1, -0.05) is 11.6 Å². The minimum atomic E-state index is 0.534. The van der Waals surface area contributed by atoms with Gasteiger partial charge in [0.15, 0.2) is 0 Å². The van der Waals surface area contributed by atoms with Crippen LogP contribution in [0.25, 0.3) is 5.69 Å². The van der Waals surface area contributed by atoms with Gasteiger partial charge in [0.2, 0.25) is 0 Å². The molecule has 0 atom stereocenters. The number of benzene rings is 1. The summed E-state index contributed by atoms with van der Waals surface area (Å²) < 4.78 is 1.56. The molecule has 0 aliphatic carbocycles. The Balaban J connectivity index is 1.80. The Morgan fingerprint density at radius 2 is 2.20 bits per heavy atom. The average Bonchev–Trinajstić information content (AvgIpc) is 3.02. The number of nitrogens with one attached hydrogen (secondary N) is 1. The van der Waals surface area contributed by atoms with E-state index in [1.54, 1.807) is 29.3 Å². The quantitative estimate of drug-likeness (QED) is 0.787. The number of halogens is 1. The van der Waals surface area contributed by atoms with Gasteiger partial charge < -0.3 is 5.32 Å². The van der Waals surface area contributed by atoms with Crippen molar-refractivity contribution in [2.75, 3.05) is 5.32 Å². The van der Waals surface area contributed by atoms with E-state index < -0.39 is 0 Å². The summed E-state index contributed by atoms with van der Waals surface area (Å²) in [6.07, 6.45) is 6.51. The Hall–Kier alpha value is -2.54. The van der Waals surface area contributed by atoms with Gasteiger partial charge in [-0.2, -0.15) is 0 Å². The Labute approximate surface area is 119 Å². The standard InChI is InChI=1S/C12H10ClN7/c13-11-2-1-10(20-8-17-18-19-20)5-12(11)16-7-9-6-14-3-4-15-9/h1-6,8,16H,7H2. The Bertz CT molecular complexity index is 684. The molecule has 1 aromatic carbocycles. The van der Waals surface area contributed by atoms with Crippen LogP contribution in [0.15, 0.2) is 43.1 Å². The molecular weight excluding hydrogens is 278 g/mol. The van der Waals surface area contributed by atoms with Gasteiger partial charge in [-0.05, 0) is 28.6 Å². The van der Waals surface area contributed by atoms with Crippen molar-refractivity contribution in [3.63, 3.8) is 0 Å². The number of aromatic nitrogens is 6. The van der Waals surface area contributed by atoms with E-state index in [2.05, 4.69) is 30.8 Å². The highest BCUT2D eigenvalue weighted by atomic mass is 35.5. The third-order valence-corrected chi connectivity index (χ3v) is 2.97. The Kier molecular flexibility index (Phi) is 3.51. The SMILES string of the molecule is Clc1ccc(-n2cnnn2)cc1NCc1cnccn1. The van der Waals surface area contributed by atoms with Gasteiger partial charge in [0.05, 0.1) is 34.8 Å². The van der Waals surface area contributed by atoms with Crippen LogP contribution in [-0.4, -0.2) is 30.2 Å². The van der Waals surface area contributed by atoms with Crippen LogP contribution in [0.3, 0.4) is 0 Å². The van der Waals surface area contributed by atoms with Crippen molar-refractivity contribution in [3.05, 3.63) is 53.8 Å². The molecule has 7 nitrogen and oxygen atoms in total. The van der Waals surface area contributed by atoms with E-state index in [1.165, 1.54) is 6.33 Å². The predicted octanol–water partition coefficient (Wildman–Crippen LogP) is 1.72. The van der Waals surface area contributed by atoms with Crippen molar-refractivity contribution in [1.82, 2.24) is 30.2 Å². The van der Waals surface area contributed by atoms with Gasteiger partial charge in [-0.15, -0.1) is 5.10 Å². The van der Waals surface area contributed by atoms with Crippen LogP contribution in [0.4, 0.5) is 5.69 Å². The number of anilines is 1. The van der Waals surface area contributed by atoms with E-state index in [4.69, 9.17) is 11.6 Å². The average molecular weight is 288 g/mol. The molecular formula is C12H10ClN7. The van der Waals surface area contributed by atoms with Gasteiger partial charge in [0.25, 0.3) is 0 Å².